The minimum atomic E-state index is -5.60. The third kappa shape index (κ3) is 7.09. The van der Waals surface area contributed by atoms with Gasteiger partial charge in [0.1, 0.15) is 0 Å². The molecule has 1 rings (SSSR count). The van der Waals surface area contributed by atoms with Crippen molar-refractivity contribution in [2.75, 3.05) is 6.61 Å². The number of hydrogen-bond acceptors (Lipinski definition) is 3. The lowest BCUT2D eigenvalue weighted by molar-refractivity contribution is -0.284. The third-order valence-electron chi connectivity index (χ3n) is 3.74. The number of esters is 1. The van der Waals surface area contributed by atoms with Crippen molar-refractivity contribution in [1.29, 1.82) is 0 Å². The largest absolute Gasteiger partial charge is 0.466 e. The Balaban J connectivity index is 2.43. The van der Waals surface area contributed by atoms with Crippen LogP contribution in [0.25, 0.3) is 0 Å². The van der Waals surface area contributed by atoms with Crippen molar-refractivity contribution in [3.63, 3.8) is 0 Å². The molecule has 0 spiro atoms. The highest BCUT2D eigenvalue weighted by molar-refractivity contribution is 5.96. The normalized spacial score (nSPS) is 12.1. The molecule has 26 heavy (non-hydrogen) atoms. The van der Waals surface area contributed by atoms with E-state index in [0.717, 1.165) is 5.56 Å². The third-order valence-corrected chi connectivity index (χ3v) is 3.74. The maximum atomic E-state index is 12.8. The highest BCUT2D eigenvalue weighted by Crippen LogP contribution is 2.39. The molecule has 1 aromatic carbocycles. The van der Waals surface area contributed by atoms with Gasteiger partial charge in [0.25, 0.3) is 0 Å². The number of ether oxygens (including phenoxy) is 1. The molecule has 0 atom stereocenters. The fourth-order valence-electron chi connectivity index (χ4n) is 2.28. The molecule has 0 aromatic heterocycles. The molecular weight excluding hydrogens is 359 g/mol. The zero-order chi connectivity index (χ0) is 19.8. The average molecular weight is 380 g/mol. The summed E-state index contributed by atoms with van der Waals surface area (Å²) in [5.74, 6) is -5.55. The molecule has 1 aromatic rings. The number of aryl methyl sites for hydroxylation is 1. The SMILES string of the molecule is CCOC(=O)CCCc1ccc(C(=O)CCCC(F)(F)C(F)(F)F)cc1. The van der Waals surface area contributed by atoms with Crippen LogP contribution >= 0.6 is 0 Å². The Hall–Kier alpha value is -1.99. The number of benzene rings is 1. The maximum absolute atomic E-state index is 12.8. The van der Waals surface area contributed by atoms with Gasteiger partial charge in [-0.25, -0.2) is 0 Å². The molecule has 0 saturated carbocycles. The zero-order valence-electron chi connectivity index (χ0n) is 14.4. The van der Waals surface area contributed by atoms with E-state index < -0.39 is 30.7 Å². The summed E-state index contributed by atoms with van der Waals surface area (Å²) in [7, 11) is 0. The van der Waals surface area contributed by atoms with Gasteiger partial charge in [-0.05, 0) is 31.7 Å². The van der Waals surface area contributed by atoms with Crippen LogP contribution in [0.15, 0.2) is 24.3 Å². The van der Waals surface area contributed by atoms with E-state index in [1.165, 1.54) is 12.1 Å². The predicted octanol–water partition coefficient (Wildman–Crippen LogP) is 5.12. The van der Waals surface area contributed by atoms with Gasteiger partial charge in [-0.15, -0.1) is 0 Å². The Morgan fingerprint density at radius 2 is 1.58 bits per heavy atom. The van der Waals surface area contributed by atoms with Gasteiger partial charge >= 0.3 is 18.1 Å². The summed E-state index contributed by atoms with van der Waals surface area (Å²) in [5.41, 5.74) is 1.14. The molecule has 0 unspecified atom stereocenters. The topological polar surface area (TPSA) is 43.4 Å². The number of carbonyl (C=O) groups excluding carboxylic acids is 2. The van der Waals surface area contributed by atoms with E-state index in [1.807, 2.05) is 0 Å². The number of halogens is 5. The van der Waals surface area contributed by atoms with Crippen LogP contribution < -0.4 is 0 Å². The molecule has 0 aliphatic rings. The molecule has 8 heteroatoms. The van der Waals surface area contributed by atoms with E-state index >= 15 is 0 Å². The van der Waals surface area contributed by atoms with Crippen LogP contribution in [0, 0.1) is 0 Å². The summed E-state index contributed by atoms with van der Waals surface area (Å²) in [6, 6.07) is 6.35. The first kappa shape index (κ1) is 22.1. The molecule has 0 N–H and O–H groups in total. The minimum Gasteiger partial charge on any atom is -0.466 e. The monoisotopic (exact) mass is 380 g/mol. The van der Waals surface area contributed by atoms with Crippen LogP contribution in [0.2, 0.25) is 0 Å². The van der Waals surface area contributed by atoms with Crippen molar-refractivity contribution in [3.8, 4) is 0 Å². The van der Waals surface area contributed by atoms with E-state index in [1.54, 1.807) is 19.1 Å². The van der Waals surface area contributed by atoms with Gasteiger partial charge in [-0.3, -0.25) is 9.59 Å². The first-order valence-corrected chi connectivity index (χ1v) is 8.29. The summed E-state index contributed by atoms with van der Waals surface area (Å²) < 4.78 is 66.6. The van der Waals surface area contributed by atoms with Gasteiger partial charge in [0.05, 0.1) is 6.61 Å². The van der Waals surface area contributed by atoms with Crippen molar-refractivity contribution in [2.24, 2.45) is 0 Å². The summed E-state index contributed by atoms with van der Waals surface area (Å²) in [5, 5.41) is 0. The van der Waals surface area contributed by atoms with Crippen molar-refractivity contribution in [2.45, 2.75) is 57.5 Å². The van der Waals surface area contributed by atoms with Gasteiger partial charge in [0.15, 0.2) is 5.78 Å². The Kier molecular flexibility index (Phi) is 8.17. The number of Topliss-reactive ketones (excluding diaryl/α,β-unsaturated/α-hetero) is 1. The van der Waals surface area contributed by atoms with E-state index in [4.69, 9.17) is 4.74 Å². The molecule has 0 aliphatic carbocycles. The first-order chi connectivity index (χ1) is 12.1. The van der Waals surface area contributed by atoms with Gasteiger partial charge in [0, 0.05) is 24.8 Å². The number of ketones is 1. The zero-order valence-corrected chi connectivity index (χ0v) is 14.4. The van der Waals surface area contributed by atoms with Gasteiger partial charge in [-0.1, -0.05) is 24.3 Å². The van der Waals surface area contributed by atoms with E-state index in [9.17, 15) is 31.5 Å². The Labute approximate surface area is 148 Å². The Morgan fingerprint density at radius 1 is 0.962 bits per heavy atom. The summed E-state index contributed by atoms with van der Waals surface area (Å²) in [6.07, 6.45) is -6.47. The van der Waals surface area contributed by atoms with E-state index in [0.29, 0.717) is 19.4 Å². The Morgan fingerprint density at radius 3 is 2.12 bits per heavy atom. The lowest BCUT2D eigenvalue weighted by atomic mass is 10.0. The molecule has 0 bridgehead atoms. The van der Waals surface area contributed by atoms with Crippen molar-refractivity contribution in [3.05, 3.63) is 35.4 Å². The predicted molar refractivity (Wildman–Crippen MR) is 85.2 cm³/mol. The highest BCUT2D eigenvalue weighted by atomic mass is 19.4. The summed E-state index contributed by atoms with van der Waals surface area (Å²) in [4.78, 5) is 23.1. The molecule has 0 radical (unpaired) electrons. The maximum Gasteiger partial charge on any atom is 0.453 e. The molecule has 3 nitrogen and oxygen atoms in total. The standard InChI is InChI=1S/C18H21F5O3/c1-2-26-16(25)7-3-5-13-8-10-14(11-9-13)15(24)6-4-12-17(19,20)18(21,22)23/h8-11H,2-7,12H2,1H3. The van der Waals surface area contributed by atoms with E-state index in [2.05, 4.69) is 0 Å². The molecule has 0 aliphatic heterocycles. The van der Waals surface area contributed by atoms with Crippen molar-refractivity contribution in [1.82, 2.24) is 0 Å². The summed E-state index contributed by atoms with van der Waals surface area (Å²) in [6.45, 7) is 2.04. The first-order valence-electron chi connectivity index (χ1n) is 8.29. The van der Waals surface area contributed by atoms with Crippen molar-refractivity contribution >= 4 is 11.8 Å². The smallest absolute Gasteiger partial charge is 0.453 e. The molecule has 146 valence electrons. The molecule has 0 fully saturated rings. The van der Waals surface area contributed by atoms with Crippen molar-refractivity contribution < 1.29 is 36.3 Å². The van der Waals surface area contributed by atoms with Crippen LogP contribution in [-0.4, -0.2) is 30.5 Å². The average Bonchev–Trinajstić information content (AvgIpc) is 2.54. The molecule has 0 heterocycles. The quantitative estimate of drug-likeness (QED) is 0.321. The summed E-state index contributed by atoms with van der Waals surface area (Å²) >= 11 is 0. The second-order valence-electron chi connectivity index (χ2n) is 5.83. The number of rotatable bonds is 10. The highest BCUT2D eigenvalue weighted by Gasteiger charge is 2.56. The van der Waals surface area contributed by atoms with Crippen LogP contribution in [0.4, 0.5) is 22.0 Å². The lowest BCUT2D eigenvalue weighted by Gasteiger charge is -2.19. The van der Waals surface area contributed by atoms with Crippen LogP contribution in [0.5, 0.6) is 0 Å². The van der Waals surface area contributed by atoms with Gasteiger partial charge in [-0.2, -0.15) is 22.0 Å². The van der Waals surface area contributed by atoms with Crippen LogP contribution in [0.1, 0.15) is 54.9 Å². The Bertz CT molecular complexity index is 594. The van der Waals surface area contributed by atoms with Crippen LogP contribution in [0.3, 0.4) is 0 Å². The number of alkyl halides is 5. The van der Waals surface area contributed by atoms with Gasteiger partial charge < -0.3 is 4.74 Å². The molecule has 0 saturated heterocycles. The minimum absolute atomic E-state index is 0.259. The molecule has 0 amide bonds. The second kappa shape index (κ2) is 9.64. The lowest BCUT2D eigenvalue weighted by Crippen LogP contribution is -2.36. The number of hydrogen-bond donors (Lipinski definition) is 0. The van der Waals surface area contributed by atoms with Gasteiger partial charge in [0.2, 0.25) is 0 Å². The number of carbonyl (C=O) groups is 2. The van der Waals surface area contributed by atoms with Crippen LogP contribution in [-0.2, 0) is 16.0 Å². The fourth-order valence-corrected chi connectivity index (χ4v) is 2.28. The fraction of sp³-hybridized carbons (Fsp3) is 0.556. The van der Waals surface area contributed by atoms with E-state index in [-0.39, 0.29) is 24.4 Å². The second-order valence-corrected chi connectivity index (χ2v) is 5.83. The molecular formula is C18H21F5O3.